The standard InChI is InChI=1S/3C3H5NO.C3H4O2/c4*1-2-3(4)5/h3*2H,1H2,(H2,4,5);2H,1H2,(H,4,5). The zero-order chi connectivity index (χ0) is 17.1. The van der Waals surface area contributed by atoms with Crippen molar-refractivity contribution in [1.82, 2.24) is 0 Å². The van der Waals surface area contributed by atoms with Crippen molar-refractivity contribution in [2.24, 2.45) is 17.2 Å². The van der Waals surface area contributed by atoms with Crippen LogP contribution in [0.1, 0.15) is 0 Å². The Morgan fingerprint density at radius 1 is 0.650 bits per heavy atom. The normalized spacial score (nSPS) is 6.40. The Morgan fingerprint density at radius 3 is 0.750 bits per heavy atom. The maximum Gasteiger partial charge on any atom is 0.327 e. The van der Waals surface area contributed by atoms with Gasteiger partial charge in [-0.2, -0.15) is 0 Å². The second-order valence-corrected chi connectivity index (χ2v) is 2.36. The predicted molar refractivity (Wildman–Crippen MR) is 76.0 cm³/mol. The maximum absolute atomic E-state index is 9.47. The van der Waals surface area contributed by atoms with Crippen LogP contribution in [0, 0.1) is 0 Å². The molecule has 0 saturated heterocycles. The second-order valence-electron chi connectivity index (χ2n) is 2.36. The lowest BCUT2D eigenvalue weighted by Gasteiger charge is -1.65. The van der Waals surface area contributed by atoms with Gasteiger partial charge >= 0.3 is 5.97 Å². The summed E-state index contributed by atoms with van der Waals surface area (Å²) in [5.41, 5.74) is 13.6. The molecule has 0 aliphatic rings. The molecule has 0 rings (SSSR count). The van der Waals surface area contributed by atoms with Gasteiger partial charge in [0.1, 0.15) is 0 Å². The maximum atomic E-state index is 9.47. The summed E-state index contributed by atoms with van der Waals surface area (Å²) >= 11 is 0. The molecule has 0 aromatic heterocycles. The van der Waals surface area contributed by atoms with E-state index < -0.39 is 23.7 Å². The number of carbonyl (C=O) groups is 4. The summed E-state index contributed by atoms with van der Waals surface area (Å²) in [5.74, 6) is -2.43. The van der Waals surface area contributed by atoms with Gasteiger partial charge in [0.25, 0.3) is 0 Å². The van der Waals surface area contributed by atoms with Gasteiger partial charge in [0, 0.05) is 6.08 Å². The van der Waals surface area contributed by atoms with Gasteiger partial charge in [-0.3, -0.25) is 14.4 Å². The monoisotopic (exact) mass is 285 g/mol. The quantitative estimate of drug-likeness (QED) is 0.497. The Labute approximate surface area is 116 Å². The van der Waals surface area contributed by atoms with E-state index in [4.69, 9.17) is 5.11 Å². The Hall–Kier alpha value is -3.16. The third kappa shape index (κ3) is 121. The first-order valence-corrected chi connectivity index (χ1v) is 4.69. The Kier molecular flexibility index (Phi) is 27.1. The summed E-state index contributed by atoms with van der Waals surface area (Å²) < 4.78 is 0. The summed E-state index contributed by atoms with van der Waals surface area (Å²) in [6.07, 6.45) is 4.00. The fourth-order valence-corrected chi connectivity index (χ4v) is 0. The first-order valence-electron chi connectivity index (χ1n) is 4.69. The van der Waals surface area contributed by atoms with Gasteiger partial charge in [-0.1, -0.05) is 26.3 Å². The Bertz CT molecular complexity index is 303. The molecule has 0 atom stereocenters. The number of hydrogen-bond donors (Lipinski definition) is 4. The van der Waals surface area contributed by atoms with Crippen molar-refractivity contribution in [2.75, 3.05) is 0 Å². The lowest BCUT2D eigenvalue weighted by Crippen LogP contribution is -2.04. The van der Waals surface area contributed by atoms with E-state index in [-0.39, 0.29) is 0 Å². The van der Waals surface area contributed by atoms with Crippen molar-refractivity contribution in [3.05, 3.63) is 50.6 Å². The number of carboxylic acids is 1. The van der Waals surface area contributed by atoms with Gasteiger partial charge in [-0.25, -0.2) is 4.79 Å². The van der Waals surface area contributed by atoms with Crippen molar-refractivity contribution in [3.63, 3.8) is 0 Å². The minimum Gasteiger partial charge on any atom is -0.478 e. The molecule has 0 aromatic carbocycles. The first-order chi connectivity index (χ1) is 9.08. The average Bonchev–Trinajstić information content (AvgIpc) is 2.40. The molecule has 0 unspecified atom stereocenters. The van der Waals surface area contributed by atoms with Crippen LogP contribution >= 0.6 is 0 Å². The number of carbonyl (C=O) groups excluding carboxylic acids is 3. The van der Waals surface area contributed by atoms with Crippen LogP contribution in [0.3, 0.4) is 0 Å². The van der Waals surface area contributed by atoms with Crippen molar-refractivity contribution in [2.45, 2.75) is 0 Å². The molecule has 0 radical (unpaired) electrons. The minimum absolute atomic E-state index is 0.481. The van der Waals surface area contributed by atoms with Gasteiger partial charge in [0.2, 0.25) is 17.7 Å². The molecule has 8 heteroatoms. The molecule has 0 heterocycles. The van der Waals surface area contributed by atoms with Crippen molar-refractivity contribution in [3.8, 4) is 0 Å². The lowest BCUT2D eigenvalue weighted by molar-refractivity contribution is -0.131. The van der Waals surface area contributed by atoms with Crippen LogP contribution < -0.4 is 17.2 Å². The van der Waals surface area contributed by atoms with Crippen molar-refractivity contribution < 1.29 is 24.3 Å². The molecule has 8 nitrogen and oxygen atoms in total. The van der Waals surface area contributed by atoms with Crippen molar-refractivity contribution >= 4 is 23.7 Å². The number of rotatable bonds is 4. The third-order valence-electron chi connectivity index (χ3n) is 0.778. The van der Waals surface area contributed by atoms with E-state index in [2.05, 4.69) is 43.5 Å². The second kappa shape index (κ2) is 21.2. The molecule has 112 valence electrons. The summed E-state index contributed by atoms with van der Waals surface area (Å²) in [6, 6.07) is 0. The highest BCUT2D eigenvalue weighted by atomic mass is 16.4. The fourth-order valence-electron chi connectivity index (χ4n) is 0. The molecule has 0 bridgehead atoms. The molecule has 20 heavy (non-hydrogen) atoms. The third-order valence-corrected chi connectivity index (χ3v) is 0.778. The van der Waals surface area contributed by atoms with Crippen LogP contribution in [-0.2, 0) is 19.2 Å². The zero-order valence-electron chi connectivity index (χ0n) is 11.0. The van der Waals surface area contributed by atoms with E-state index in [0.29, 0.717) is 0 Å². The van der Waals surface area contributed by atoms with Crippen LogP contribution in [-0.4, -0.2) is 28.8 Å². The number of aliphatic carboxylic acids is 1. The molecule has 0 aliphatic heterocycles. The van der Waals surface area contributed by atoms with E-state index >= 15 is 0 Å². The largest absolute Gasteiger partial charge is 0.478 e. The molecular formula is C12H19N3O5. The average molecular weight is 285 g/mol. The summed E-state index contributed by atoms with van der Waals surface area (Å²) in [5, 5.41) is 7.60. The van der Waals surface area contributed by atoms with Crippen LogP contribution in [0.4, 0.5) is 0 Å². The van der Waals surface area contributed by atoms with Gasteiger partial charge in [0.05, 0.1) is 0 Å². The van der Waals surface area contributed by atoms with E-state index in [1.807, 2.05) is 0 Å². The van der Waals surface area contributed by atoms with Crippen molar-refractivity contribution in [1.29, 1.82) is 0 Å². The number of nitrogens with two attached hydrogens (primary N) is 3. The van der Waals surface area contributed by atoms with E-state index in [1.165, 1.54) is 0 Å². The molecule has 0 saturated carbocycles. The zero-order valence-corrected chi connectivity index (χ0v) is 11.0. The summed E-state index contributed by atoms with van der Waals surface area (Å²) in [7, 11) is 0. The molecule has 0 aromatic rings. The fraction of sp³-hybridized carbons (Fsp3) is 0. The van der Waals surface area contributed by atoms with E-state index in [9.17, 15) is 19.2 Å². The SMILES string of the molecule is C=CC(=O)O.C=CC(N)=O.C=CC(N)=O.C=CC(N)=O. The highest BCUT2D eigenvalue weighted by molar-refractivity contribution is 5.85. The predicted octanol–water partition coefficient (Wildman–Crippen LogP) is -0.770. The van der Waals surface area contributed by atoms with Gasteiger partial charge in [0.15, 0.2) is 0 Å². The Balaban J connectivity index is -0.0000000853. The van der Waals surface area contributed by atoms with Crippen LogP contribution in [0.25, 0.3) is 0 Å². The van der Waals surface area contributed by atoms with Crippen LogP contribution in [0.15, 0.2) is 50.6 Å². The van der Waals surface area contributed by atoms with Crippen LogP contribution in [0.2, 0.25) is 0 Å². The number of hydrogen-bond acceptors (Lipinski definition) is 4. The highest BCUT2D eigenvalue weighted by Crippen LogP contribution is 1.54. The smallest absolute Gasteiger partial charge is 0.327 e. The van der Waals surface area contributed by atoms with Crippen LogP contribution in [0.5, 0.6) is 0 Å². The molecule has 3 amide bonds. The number of carboxylic acid groups (broad SMARTS) is 1. The lowest BCUT2D eigenvalue weighted by atomic mass is 10.6. The highest BCUT2D eigenvalue weighted by Gasteiger charge is 1.73. The Morgan fingerprint density at radius 2 is 0.750 bits per heavy atom. The number of primary amides is 3. The molecular weight excluding hydrogens is 266 g/mol. The van der Waals surface area contributed by atoms with Gasteiger partial charge in [-0.05, 0) is 18.2 Å². The van der Waals surface area contributed by atoms with Gasteiger partial charge in [-0.15, -0.1) is 0 Å². The summed E-state index contributed by atoms with van der Waals surface area (Å²) in [4.78, 5) is 37.7. The molecule has 0 spiro atoms. The molecule has 7 N–H and O–H groups in total. The topological polar surface area (TPSA) is 167 Å². The van der Waals surface area contributed by atoms with E-state index in [1.54, 1.807) is 0 Å². The number of amides is 3. The molecule has 0 aliphatic carbocycles. The van der Waals surface area contributed by atoms with E-state index in [0.717, 1.165) is 24.3 Å². The molecule has 0 fully saturated rings. The first kappa shape index (κ1) is 25.6. The van der Waals surface area contributed by atoms with Gasteiger partial charge < -0.3 is 22.3 Å². The summed E-state index contributed by atoms with van der Waals surface area (Å²) in [6.45, 7) is 12.2. The minimum atomic E-state index is -0.981.